The van der Waals surface area contributed by atoms with Crippen LogP contribution in [0, 0.1) is 0 Å². The number of rotatable bonds is 3. The first-order valence-corrected chi connectivity index (χ1v) is 6.45. The van der Waals surface area contributed by atoms with Gasteiger partial charge in [-0.05, 0) is 17.7 Å². The van der Waals surface area contributed by atoms with E-state index in [0.717, 1.165) is 10.0 Å². The molecule has 0 aromatic heterocycles. The zero-order valence-electron chi connectivity index (χ0n) is 10.0. The molecule has 1 saturated heterocycles. The van der Waals surface area contributed by atoms with E-state index in [2.05, 4.69) is 21.2 Å². The number of halogens is 1. The average molecular weight is 312 g/mol. The fraction of sp³-hybridized carbons (Fsp3) is 0.385. The van der Waals surface area contributed by atoms with E-state index in [1.807, 2.05) is 24.3 Å². The molecule has 1 aromatic carbocycles. The maximum absolute atomic E-state index is 11.9. The van der Waals surface area contributed by atoms with Crippen molar-refractivity contribution in [3.8, 4) is 0 Å². The van der Waals surface area contributed by atoms with Crippen LogP contribution in [0.15, 0.2) is 28.7 Å². The molecular formula is C13H14BrNO3. The molecule has 1 aliphatic rings. The summed E-state index contributed by atoms with van der Waals surface area (Å²) < 4.78 is 5.80. The number of ether oxygens (including phenoxy) is 1. The molecule has 1 unspecified atom stereocenters. The lowest BCUT2D eigenvalue weighted by molar-refractivity contribution is -0.148. The number of nitrogens with one attached hydrogen (secondary N) is 1. The van der Waals surface area contributed by atoms with Crippen LogP contribution in [0.5, 0.6) is 0 Å². The van der Waals surface area contributed by atoms with E-state index in [4.69, 9.17) is 4.74 Å². The Hall–Kier alpha value is -1.20. The molecule has 4 nitrogen and oxygen atoms in total. The monoisotopic (exact) mass is 311 g/mol. The molecule has 0 saturated carbocycles. The predicted molar refractivity (Wildman–Crippen MR) is 70.2 cm³/mol. The second-order valence-corrected chi connectivity index (χ2v) is 5.36. The molecule has 0 spiro atoms. The van der Waals surface area contributed by atoms with E-state index in [-0.39, 0.29) is 24.7 Å². The summed E-state index contributed by atoms with van der Waals surface area (Å²) in [7, 11) is 1.34. The van der Waals surface area contributed by atoms with Crippen molar-refractivity contribution in [3.05, 3.63) is 34.3 Å². The second-order valence-electron chi connectivity index (χ2n) is 4.45. The van der Waals surface area contributed by atoms with Crippen LogP contribution in [0.1, 0.15) is 12.0 Å². The zero-order valence-corrected chi connectivity index (χ0v) is 11.6. The van der Waals surface area contributed by atoms with Crippen molar-refractivity contribution >= 4 is 27.7 Å². The van der Waals surface area contributed by atoms with Crippen molar-refractivity contribution in [2.24, 2.45) is 0 Å². The molecule has 96 valence electrons. The molecule has 1 heterocycles. The first kappa shape index (κ1) is 13.2. The predicted octanol–water partition coefficient (Wildman–Crippen LogP) is 1.47. The van der Waals surface area contributed by atoms with Gasteiger partial charge in [-0.2, -0.15) is 0 Å². The van der Waals surface area contributed by atoms with Crippen molar-refractivity contribution in [1.82, 2.24) is 5.32 Å². The molecule has 1 aromatic rings. The van der Waals surface area contributed by atoms with Crippen LogP contribution in [-0.2, 0) is 20.7 Å². The third-order valence-corrected chi connectivity index (χ3v) is 3.65. The molecule has 1 atom stereocenters. The maximum Gasteiger partial charge on any atom is 0.326 e. The summed E-state index contributed by atoms with van der Waals surface area (Å²) in [6.07, 6.45) is 0.647. The Morgan fingerprint density at radius 3 is 2.61 bits per heavy atom. The number of esters is 1. The van der Waals surface area contributed by atoms with E-state index >= 15 is 0 Å². The van der Waals surface area contributed by atoms with Crippen molar-refractivity contribution < 1.29 is 14.3 Å². The number of methoxy groups -OCH3 is 1. The fourth-order valence-electron chi connectivity index (χ4n) is 2.22. The Kier molecular flexibility index (Phi) is 3.82. The Morgan fingerprint density at radius 1 is 1.44 bits per heavy atom. The van der Waals surface area contributed by atoms with Crippen LogP contribution >= 0.6 is 15.9 Å². The smallest absolute Gasteiger partial charge is 0.326 e. The van der Waals surface area contributed by atoms with E-state index in [1.165, 1.54) is 7.11 Å². The van der Waals surface area contributed by atoms with Gasteiger partial charge in [-0.25, -0.2) is 0 Å². The number of Topliss-reactive ketones (excluding diaryl/α,β-unsaturated/α-hetero) is 1. The number of carbonyl (C=O) groups is 2. The van der Waals surface area contributed by atoms with Crippen LogP contribution in [-0.4, -0.2) is 30.9 Å². The van der Waals surface area contributed by atoms with E-state index in [9.17, 15) is 9.59 Å². The van der Waals surface area contributed by atoms with Gasteiger partial charge in [0.15, 0.2) is 0 Å². The van der Waals surface area contributed by atoms with Gasteiger partial charge in [0.05, 0.1) is 13.7 Å². The maximum atomic E-state index is 11.9. The number of hydrogen-bond donors (Lipinski definition) is 1. The number of ketones is 1. The topological polar surface area (TPSA) is 55.4 Å². The first-order valence-electron chi connectivity index (χ1n) is 5.65. The first-order chi connectivity index (χ1) is 8.55. The van der Waals surface area contributed by atoms with Crippen LogP contribution in [0.2, 0.25) is 0 Å². The van der Waals surface area contributed by atoms with E-state index in [1.54, 1.807) is 0 Å². The normalized spacial score (nSPS) is 23.1. The summed E-state index contributed by atoms with van der Waals surface area (Å²) in [5, 5.41) is 3.00. The zero-order chi connectivity index (χ0) is 13.2. The molecule has 1 fully saturated rings. The molecule has 18 heavy (non-hydrogen) atoms. The van der Waals surface area contributed by atoms with Crippen molar-refractivity contribution in [3.63, 3.8) is 0 Å². The Labute approximate surface area is 114 Å². The minimum absolute atomic E-state index is 0.0394. The van der Waals surface area contributed by atoms with Gasteiger partial charge in [0.2, 0.25) is 0 Å². The molecule has 0 radical (unpaired) electrons. The summed E-state index contributed by atoms with van der Waals surface area (Å²) >= 11 is 3.36. The molecule has 1 N–H and O–H groups in total. The summed E-state index contributed by atoms with van der Waals surface area (Å²) in [5.41, 5.74) is 0.0884. The summed E-state index contributed by atoms with van der Waals surface area (Å²) in [6.45, 7) is 0.228. The standard InChI is InChI=1S/C13H14BrNO3/c1-18-12(17)13(7-11(16)8-15-13)6-9-2-4-10(14)5-3-9/h2-5,15H,6-8H2,1H3. The number of carbonyl (C=O) groups excluding carboxylic acids is 2. The molecule has 1 aliphatic heterocycles. The Bertz CT molecular complexity index is 472. The van der Waals surface area contributed by atoms with Crippen molar-refractivity contribution in [2.75, 3.05) is 13.7 Å². The SMILES string of the molecule is COC(=O)C1(Cc2ccc(Br)cc2)CC(=O)CN1. The lowest BCUT2D eigenvalue weighted by Crippen LogP contribution is -2.50. The van der Waals surface area contributed by atoms with Gasteiger partial charge in [0.1, 0.15) is 11.3 Å². The molecular weight excluding hydrogens is 298 g/mol. The van der Waals surface area contributed by atoms with Gasteiger partial charge < -0.3 is 4.74 Å². The number of hydrogen-bond acceptors (Lipinski definition) is 4. The van der Waals surface area contributed by atoms with E-state index < -0.39 is 5.54 Å². The Morgan fingerprint density at radius 2 is 2.11 bits per heavy atom. The van der Waals surface area contributed by atoms with Crippen molar-refractivity contribution in [2.45, 2.75) is 18.4 Å². The minimum Gasteiger partial charge on any atom is -0.468 e. The highest BCUT2D eigenvalue weighted by molar-refractivity contribution is 9.10. The summed E-state index contributed by atoms with van der Waals surface area (Å²) in [4.78, 5) is 23.4. The number of benzene rings is 1. The van der Waals surface area contributed by atoms with Crippen molar-refractivity contribution in [1.29, 1.82) is 0 Å². The van der Waals surface area contributed by atoms with Gasteiger partial charge in [-0.3, -0.25) is 14.9 Å². The van der Waals surface area contributed by atoms with Crippen LogP contribution in [0.25, 0.3) is 0 Å². The van der Waals surface area contributed by atoms with Crippen LogP contribution in [0.4, 0.5) is 0 Å². The highest BCUT2D eigenvalue weighted by Gasteiger charge is 2.45. The average Bonchev–Trinajstić information content (AvgIpc) is 2.74. The largest absolute Gasteiger partial charge is 0.468 e. The lowest BCUT2D eigenvalue weighted by Gasteiger charge is -2.25. The van der Waals surface area contributed by atoms with E-state index in [0.29, 0.717) is 6.42 Å². The van der Waals surface area contributed by atoms with Gasteiger partial charge in [-0.1, -0.05) is 28.1 Å². The van der Waals surface area contributed by atoms with Crippen LogP contribution < -0.4 is 5.32 Å². The molecule has 5 heteroatoms. The molecule has 0 bridgehead atoms. The third-order valence-electron chi connectivity index (χ3n) is 3.12. The highest BCUT2D eigenvalue weighted by Crippen LogP contribution is 2.24. The van der Waals surface area contributed by atoms with Gasteiger partial charge >= 0.3 is 5.97 Å². The molecule has 0 amide bonds. The molecule has 2 rings (SSSR count). The third kappa shape index (κ3) is 2.62. The quantitative estimate of drug-likeness (QED) is 0.859. The Balaban J connectivity index is 2.23. The van der Waals surface area contributed by atoms with Crippen LogP contribution in [0.3, 0.4) is 0 Å². The second kappa shape index (κ2) is 5.20. The van der Waals surface area contributed by atoms with Gasteiger partial charge in [-0.15, -0.1) is 0 Å². The van der Waals surface area contributed by atoms with Gasteiger partial charge in [0, 0.05) is 17.3 Å². The fourth-order valence-corrected chi connectivity index (χ4v) is 2.48. The lowest BCUT2D eigenvalue weighted by atomic mass is 9.89. The highest BCUT2D eigenvalue weighted by atomic mass is 79.9. The summed E-state index contributed by atoms with van der Waals surface area (Å²) in [6, 6.07) is 7.69. The van der Waals surface area contributed by atoms with Gasteiger partial charge in [0.25, 0.3) is 0 Å². The molecule has 0 aliphatic carbocycles. The summed E-state index contributed by atoms with van der Waals surface area (Å²) in [5.74, 6) is -0.339. The minimum atomic E-state index is -0.903.